The van der Waals surface area contributed by atoms with Gasteiger partial charge in [-0.15, -0.1) is 0 Å². The topological polar surface area (TPSA) is 61.4 Å². The number of likely N-dealkylation sites (tertiary alicyclic amines) is 1. The molecule has 2 amide bonds. The van der Waals surface area contributed by atoms with E-state index in [9.17, 15) is 14.0 Å². The first-order chi connectivity index (χ1) is 11.4. The molecule has 0 radical (unpaired) electrons. The van der Waals surface area contributed by atoms with Gasteiger partial charge >= 0.3 is 0 Å². The van der Waals surface area contributed by atoms with E-state index in [0.717, 1.165) is 24.9 Å². The minimum Gasteiger partial charge on any atom is -0.352 e. The average Bonchev–Trinajstić information content (AvgIpc) is 2.54. The van der Waals surface area contributed by atoms with Crippen molar-refractivity contribution < 1.29 is 14.0 Å². The van der Waals surface area contributed by atoms with Crippen LogP contribution in [0.4, 0.5) is 4.39 Å². The van der Waals surface area contributed by atoms with Crippen molar-refractivity contribution in [1.29, 1.82) is 0 Å². The Morgan fingerprint density at radius 1 is 1.25 bits per heavy atom. The number of hydrogen-bond acceptors (Lipinski definition) is 3. The minimum atomic E-state index is -0.289. The second kappa shape index (κ2) is 8.24. The highest BCUT2D eigenvalue weighted by atomic mass is 19.1. The van der Waals surface area contributed by atoms with Gasteiger partial charge in [0.2, 0.25) is 11.8 Å². The van der Waals surface area contributed by atoms with Crippen molar-refractivity contribution in [2.75, 3.05) is 13.1 Å². The maximum Gasteiger partial charge on any atom is 0.237 e. The molecule has 132 valence electrons. The lowest BCUT2D eigenvalue weighted by atomic mass is 10.0. The summed E-state index contributed by atoms with van der Waals surface area (Å²) in [5.41, 5.74) is 0.867. The lowest BCUT2D eigenvalue weighted by Crippen LogP contribution is -2.54. The molecule has 24 heavy (non-hydrogen) atoms. The van der Waals surface area contributed by atoms with Crippen molar-refractivity contribution in [3.8, 4) is 0 Å². The normalized spacial score (nSPS) is 20.9. The average molecular weight is 335 g/mol. The number of benzene rings is 1. The third-order valence-electron chi connectivity index (χ3n) is 4.52. The summed E-state index contributed by atoms with van der Waals surface area (Å²) in [6.45, 7) is 6.80. The van der Waals surface area contributed by atoms with E-state index in [2.05, 4.69) is 15.5 Å². The van der Waals surface area contributed by atoms with Crippen molar-refractivity contribution in [3.63, 3.8) is 0 Å². The van der Waals surface area contributed by atoms with Crippen LogP contribution >= 0.6 is 0 Å². The van der Waals surface area contributed by atoms with Gasteiger partial charge in [0.05, 0.1) is 12.1 Å². The Morgan fingerprint density at radius 3 is 2.54 bits per heavy atom. The fourth-order valence-corrected chi connectivity index (χ4v) is 3.10. The Bertz CT molecular complexity index is 576. The van der Waals surface area contributed by atoms with Gasteiger partial charge in [-0.1, -0.05) is 12.1 Å². The number of nitrogens with zero attached hydrogens (tertiary/aromatic N) is 1. The predicted octanol–water partition coefficient (Wildman–Crippen LogP) is 1.99. The molecule has 3 atom stereocenters. The van der Waals surface area contributed by atoms with Crippen LogP contribution in [-0.4, -0.2) is 41.9 Å². The molecule has 1 aromatic rings. The van der Waals surface area contributed by atoms with E-state index in [1.165, 1.54) is 19.1 Å². The summed E-state index contributed by atoms with van der Waals surface area (Å²) in [5.74, 6) is -0.387. The Labute approximate surface area is 142 Å². The molecule has 1 aromatic carbocycles. The van der Waals surface area contributed by atoms with E-state index in [0.29, 0.717) is 6.54 Å². The molecule has 0 spiro atoms. The van der Waals surface area contributed by atoms with Crippen LogP contribution in [0.25, 0.3) is 0 Å². The monoisotopic (exact) mass is 335 g/mol. The molecule has 1 heterocycles. The molecular formula is C18H26FN3O2. The third-order valence-corrected chi connectivity index (χ3v) is 4.52. The molecule has 3 unspecified atom stereocenters. The van der Waals surface area contributed by atoms with E-state index in [4.69, 9.17) is 0 Å². The molecule has 1 aliphatic rings. The molecule has 2 rings (SSSR count). The van der Waals surface area contributed by atoms with Gasteiger partial charge in [-0.2, -0.15) is 0 Å². The quantitative estimate of drug-likeness (QED) is 0.865. The zero-order valence-electron chi connectivity index (χ0n) is 14.5. The summed E-state index contributed by atoms with van der Waals surface area (Å²) < 4.78 is 13.0. The molecule has 1 saturated heterocycles. The zero-order chi connectivity index (χ0) is 17.7. The molecule has 0 aliphatic carbocycles. The number of hydrogen-bond donors (Lipinski definition) is 2. The Kier molecular flexibility index (Phi) is 6.31. The Morgan fingerprint density at radius 2 is 1.92 bits per heavy atom. The van der Waals surface area contributed by atoms with Crippen molar-refractivity contribution in [2.24, 2.45) is 0 Å². The van der Waals surface area contributed by atoms with Crippen LogP contribution in [0, 0.1) is 5.82 Å². The molecule has 5 nitrogen and oxygen atoms in total. The van der Waals surface area contributed by atoms with Crippen molar-refractivity contribution in [2.45, 2.75) is 51.7 Å². The standard InChI is InChI=1S/C18H26FN3O2/c1-12(15-6-8-16(19)9-7-15)20-18(24)13(2)22-10-4-5-17(11-22)21-14(3)23/h6-9,12-13,17H,4-5,10-11H2,1-3H3,(H,20,24)(H,21,23). The van der Waals surface area contributed by atoms with E-state index >= 15 is 0 Å². The maximum absolute atomic E-state index is 13.0. The molecule has 6 heteroatoms. The molecular weight excluding hydrogens is 309 g/mol. The van der Waals surface area contributed by atoms with Crippen LogP contribution in [0.1, 0.15) is 45.2 Å². The first-order valence-electron chi connectivity index (χ1n) is 8.44. The number of nitrogens with one attached hydrogen (secondary N) is 2. The fourth-order valence-electron chi connectivity index (χ4n) is 3.10. The van der Waals surface area contributed by atoms with E-state index in [-0.39, 0.29) is 35.8 Å². The molecule has 1 fully saturated rings. The van der Waals surface area contributed by atoms with Crippen LogP contribution in [-0.2, 0) is 9.59 Å². The van der Waals surface area contributed by atoms with Gasteiger partial charge in [-0.25, -0.2) is 4.39 Å². The van der Waals surface area contributed by atoms with E-state index < -0.39 is 0 Å². The summed E-state index contributed by atoms with van der Waals surface area (Å²) in [4.78, 5) is 25.8. The molecule has 0 saturated carbocycles. The smallest absolute Gasteiger partial charge is 0.237 e. The summed E-state index contributed by atoms with van der Waals surface area (Å²) in [6, 6.07) is 5.79. The van der Waals surface area contributed by atoms with Crippen LogP contribution < -0.4 is 10.6 Å². The molecule has 1 aliphatic heterocycles. The van der Waals surface area contributed by atoms with Crippen LogP contribution in [0.15, 0.2) is 24.3 Å². The Balaban J connectivity index is 1.91. The highest BCUT2D eigenvalue weighted by molar-refractivity contribution is 5.81. The van der Waals surface area contributed by atoms with Gasteiger partial charge in [0.1, 0.15) is 5.82 Å². The molecule has 2 N–H and O–H groups in total. The number of halogens is 1. The number of carbonyl (C=O) groups is 2. The van der Waals surface area contributed by atoms with E-state index in [1.807, 2.05) is 13.8 Å². The summed E-state index contributed by atoms with van der Waals surface area (Å²) >= 11 is 0. The van der Waals surface area contributed by atoms with Crippen LogP contribution in [0.3, 0.4) is 0 Å². The van der Waals surface area contributed by atoms with Crippen molar-refractivity contribution in [1.82, 2.24) is 15.5 Å². The van der Waals surface area contributed by atoms with Gasteiger partial charge in [0.25, 0.3) is 0 Å². The first-order valence-corrected chi connectivity index (χ1v) is 8.44. The highest BCUT2D eigenvalue weighted by Crippen LogP contribution is 2.16. The molecule has 0 aromatic heterocycles. The molecule has 0 bridgehead atoms. The zero-order valence-corrected chi connectivity index (χ0v) is 14.5. The minimum absolute atomic E-state index is 0.0381. The van der Waals surface area contributed by atoms with Crippen molar-refractivity contribution in [3.05, 3.63) is 35.6 Å². The number of amides is 2. The number of carbonyl (C=O) groups excluding carboxylic acids is 2. The first kappa shape index (κ1) is 18.4. The summed E-state index contributed by atoms with van der Waals surface area (Å²) in [7, 11) is 0. The van der Waals surface area contributed by atoms with Gasteiger partial charge < -0.3 is 10.6 Å². The largest absolute Gasteiger partial charge is 0.352 e. The summed E-state index contributed by atoms with van der Waals surface area (Å²) in [6.07, 6.45) is 1.90. The third kappa shape index (κ3) is 5.03. The highest BCUT2D eigenvalue weighted by Gasteiger charge is 2.28. The lowest BCUT2D eigenvalue weighted by Gasteiger charge is -2.36. The second-order valence-corrected chi connectivity index (χ2v) is 6.49. The maximum atomic E-state index is 13.0. The van der Waals surface area contributed by atoms with Gasteiger partial charge in [-0.05, 0) is 50.9 Å². The lowest BCUT2D eigenvalue weighted by molar-refractivity contribution is -0.127. The van der Waals surface area contributed by atoms with Gasteiger partial charge in [0, 0.05) is 19.5 Å². The number of rotatable bonds is 5. The fraction of sp³-hybridized carbons (Fsp3) is 0.556. The second-order valence-electron chi connectivity index (χ2n) is 6.49. The van der Waals surface area contributed by atoms with Crippen LogP contribution in [0.5, 0.6) is 0 Å². The van der Waals surface area contributed by atoms with Crippen molar-refractivity contribution >= 4 is 11.8 Å². The summed E-state index contributed by atoms with van der Waals surface area (Å²) in [5, 5.41) is 5.91. The SMILES string of the molecule is CC(=O)NC1CCCN(C(C)C(=O)NC(C)c2ccc(F)cc2)C1. The number of piperidine rings is 1. The predicted molar refractivity (Wildman–Crippen MR) is 90.8 cm³/mol. The Hall–Kier alpha value is -1.95. The van der Waals surface area contributed by atoms with Gasteiger partial charge in [0.15, 0.2) is 0 Å². The van der Waals surface area contributed by atoms with Gasteiger partial charge in [-0.3, -0.25) is 14.5 Å². The van der Waals surface area contributed by atoms with E-state index in [1.54, 1.807) is 12.1 Å². The van der Waals surface area contributed by atoms with Crippen LogP contribution in [0.2, 0.25) is 0 Å².